The van der Waals surface area contributed by atoms with Gasteiger partial charge in [0, 0.05) is 0 Å². The zero-order chi connectivity index (χ0) is 7.83. The maximum atomic E-state index is 2.55. The van der Waals surface area contributed by atoms with Gasteiger partial charge in [-0.05, 0) is 11.5 Å². The summed E-state index contributed by atoms with van der Waals surface area (Å²) in [7, 11) is 0. The van der Waals surface area contributed by atoms with E-state index in [0.717, 1.165) is 0 Å². The lowest BCUT2D eigenvalue weighted by atomic mass is 11.0. The summed E-state index contributed by atoms with van der Waals surface area (Å²) >= 11 is 4.61. The van der Waals surface area contributed by atoms with Crippen molar-refractivity contribution in [1.29, 1.82) is 0 Å². The van der Waals surface area contributed by atoms with Crippen molar-refractivity contribution in [2.45, 2.75) is 26.2 Å². The second kappa shape index (κ2) is 2.88. The molecule has 0 aromatic heterocycles. The van der Waals surface area contributed by atoms with Crippen LogP contribution in [0, 0.1) is 0 Å². The third kappa shape index (κ3) is 1.65. The lowest BCUT2D eigenvalue weighted by Crippen LogP contribution is -2.52. The molecule has 0 aliphatic carbocycles. The quantitative estimate of drug-likeness (QED) is 0.562. The van der Waals surface area contributed by atoms with Crippen LogP contribution in [0.15, 0.2) is 0 Å². The van der Waals surface area contributed by atoms with E-state index in [1.54, 1.807) is 0 Å². The topological polar surface area (TPSA) is 0 Å². The average Bonchev–Trinajstić information content (AvgIpc) is 1.77. The van der Waals surface area contributed by atoms with E-state index >= 15 is 0 Å². The molecule has 0 unspecified atom stereocenters. The molecule has 0 amide bonds. The highest BCUT2D eigenvalue weighted by molar-refractivity contribution is 8.51. The summed E-state index contributed by atoms with van der Waals surface area (Å²) in [5, 5.41) is 0. The summed E-state index contributed by atoms with van der Waals surface area (Å²) in [4.78, 5) is 0. The van der Waals surface area contributed by atoms with E-state index in [1.807, 2.05) is 0 Å². The number of hydrogen-bond donors (Lipinski definition) is 0. The molecular formula is C6H16S2Si2. The van der Waals surface area contributed by atoms with Crippen LogP contribution in [-0.2, 0) is 0 Å². The maximum Gasteiger partial charge on any atom is 0.115 e. The normalized spacial score (nSPS) is 30.0. The third-order valence-electron chi connectivity index (χ3n) is 2.46. The minimum atomic E-state index is -0.800. The van der Waals surface area contributed by atoms with Gasteiger partial charge in [-0.1, -0.05) is 26.2 Å². The molecule has 0 N–H and O–H groups in total. The van der Waals surface area contributed by atoms with Crippen LogP contribution in [0.1, 0.15) is 0 Å². The molecule has 0 aromatic carbocycles. The Labute approximate surface area is 73.6 Å². The first-order valence-electron chi connectivity index (χ1n) is 3.74. The van der Waals surface area contributed by atoms with E-state index in [9.17, 15) is 0 Å². The van der Waals surface area contributed by atoms with E-state index in [-0.39, 0.29) is 0 Å². The molecule has 1 heterocycles. The highest BCUT2D eigenvalue weighted by atomic mass is 32.4. The second-order valence-electron chi connectivity index (χ2n) is 3.72. The molecule has 1 aliphatic heterocycles. The molecule has 10 heavy (non-hydrogen) atoms. The van der Waals surface area contributed by atoms with Crippen LogP contribution in [0.5, 0.6) is 0 Å². The largest absolute Gasteiger partial charge is 0.187 e. The van der Waals surface area contributed by atoms with Crippen LogP contribution in [0.2, 0.25) is 26.2 Å². The molecule has 0 aromatic rings. The van der Waals surface area contributed by atoms with E-state index in [0.29, 0.717) is 0 Å². The Kier molecular flexibility index (Phi) is 2.66. The number of rotatable bonds is 0. The van der Waals surface area contributed by atoms with Crippen molar-refractivity contribution in [1.82, 2.24) is 0 Å². The van der Waals surface area contributed by atoms with E-state index in [2.05, 4.69) is 48.6 Å². The lowest BCUT2D eigenvalue weighted by molar-refractivity contribution is 1.57. The molecule has 0 radical (unpaired) electrons. The highest BCUT2D eigenvalue weighted by Crippen LogP contribution is 2.41. The molecule has 0 saturated carbocycles. The van der Waals surface area contributed by atoms with E-state index < -0.39 is 13.5 Å². The van der Waals surface area contributed by atoms with Gasteiger partial charge < -0.3 is 0 Å². The SMILES string of the molecule is C[Si]1(C)SCCS[Si]1(C)C. The predicted molar refractivity (Wildman–Crippen MR) is 59.9 cm³/mol. The van der Waals surface area contributed by atoms with Gasteiger partial charge in [-0.15, -0.1) is 0 Å². The van der Waals surface area contributed by atoms with Crippen LogP contribution in [0.25, 0.3) is 0 Å². The van der Waals surface area contributed by atoms with Crippen molar-refractivity contribution in [2.75, 3.05) is 11.5 Å². The Morgan fingerprint density at radius 3 is 1.30 bits per heavy atom. The molecule has 1 rings (SSSR count). The van der Waals surface area contributed by atoms with Crippen LogP contribution in [-0.4, -0.2) is 25.0 Å². The van der Waals surface area contributed by atoms with Crippen molar-refractivity contribution in [2.24, 2.45) is 0 Å². The van der Waals surface area contributed by atoms with Gasteiger partial charge in [0.05, 0.1) is 0 Å². The van der Waals surface area contributed by atoms with Crippen LogP contribution in [0.3, 0.4) is 0 Å². The molecular weight excluding hydrogens is 192 g/mol. The summed E-state index contributed by atoms with van der Waals surface area (Å²) in [5.74, 6) is 2.83. The molecule has 4 heteroatoms. The smallest absolute Gasteiger partial charge is 0.115 e. The minimum Gasteiger partial charge on any atom is -0.187 e. The minimum absolute atomic E-state index is 0.800. The van der Waals surface area contributed by atoms with Crippen molar-refractivity contribution >= 4 is 35.9 Å². The van der Waals surface area contributed by atoms with E-state index in [1.165, 1.54) is 11.5 Å². The first-order valence-corrected chi connectivity index (χ1v) is 14.2. The fourth-order valence-electron chi connectivity index (χ4n) is 0.941. The molecule has 0 atom stereocenters. The van der Waals surface area contributed by atoms with Gasteiger partial charge in [-0.2, -0.15) is 22.4 Å². The molecule has 60 valence electrons. The fraction of sp³-hybridized carbons (Fsp3) is 1.00. The van der Waals surface area contributed by atoms with Gasteiger partial charge in [-0.3, -0.25) is 0 Å². The number of hydrogen-bond acceptors (Lipinski definition) is 2. The Morgan fingerprint density at radius 2 is 1.10 bits per heavy atom. The Balaban J connectivity index is 2.70. The van der Waals surface area contributed by atoms with Crippen molar-refractivity contribution in [3.8, 4) is 0 Å². The molecule has 0 bridgehead atoms. The summed E-state index contributed by atoms with van der Waals surface area (Å²) in [6, 6.07) is 0. The Hall–Kier alpha value is 1.13. The van der Waals surface area contributed by atoms with E-state index in [4.69, 9.17) is 0 Å². The fourth-order valence-corrected chi connectivity index (χ4v) is 21.2. The summed E-state index contributed by atoms with van der Waals surface area (Å²) in [6.45, 7) is 8.61. The maximum absolute atomic E-state index is 2.55. The predicted octanol–water partition coefficient (Wildman–Crippen LogP) is 2.96. The average molecular weight is 208 g/mol. The van der Waals surface area contributed by atoms with Gasteiger partial charge >= 0.3 is 0 Å². The van der Waals surface area contributed by atoms with Gasteiger partial charge in [-0.25, -0.2) is 0 Å². The molecule has 1 saturated heterocycles. The Bertz CT molecular complexity index is 118. The molecule has 0 spiro atoms. The Morgan fingerprint density at radius 1 is 0.800 bits per heavy atom. The van der Waals surface area contributed by atoms with Crippen LogP contribution >= 0.6 is 22.4 Å². The summed E-state index contributed by atoms with van der Waals surface area (Å²) < 4.78 is 0. The summed E-state index contributed by atoms with van der Waals surface area (Å²) in [5.41, 5.74) is 0. The lowest BCUT2D eigenvalue weighted by Gasteiger charge is -2.40. The zero-order valence-corrected chi connectivity index (χ0v) is 10.9. The zero-order valence-electron chi connectivity index (χ0n) is 7.23. The first-order chi connectivity index (χ1) is 4.46. The third-order valence-corrected chi connectivity index (χ3v) is 35.1. The summed E-state index contributed by atoms with van der Waals surface area (Å²) in [6.07, 6.45) is 0. The monoisotopic (exact) mass is 208 g/mol. The first kappa shape index (κ1) is 9.22. The molecule has 1 aliphatic rings. The van der Waals surface area contributed by atoms with Crippen molar-refractivity contribution in [3.63, 3.8) is 0 Å². The van der Waals surface area contributed by atoms with Crippen LogP contribution < -0.4 is 0 Å². The van der Waals surface area contributed by atoms with Crippen molar-refractivity contribution < 1.29 is 0 Å². The highest BCUT2D eigenvalue weighted by Gasteiger charge is 2.44. The van der Waals surface area contributed by atoms with Crippen LogP contribution in [0.4, 0.5) is 0 Å². The van der Waals surface area contributed by atoms with Gasteiger partial charge in [0.2, 0.25) is 0 Å². The van der Waals surface area contributed by atoms with Gasteiger partial charge in [0.15, 0.2) is 0 Å². The van der Waals surface area contributed by atoms with Crippen molar-refractivity contribution in [3.05, 3.63) is 0 Å². The van der Waals surface area contributed by atoms with Gasteiger partial charge in [0.1, 0.15) is 13.5 Å². The van der Waals surface area contributed by atoms with Gasteiger partial charge in [0.25, 0.3) is 0 Å². The molecule has 0 nitrogen and oxygen atoms in total. The standard InChI is InChI=1S/C6H16S2Si2/c1-9(2)7-5-6-8-10(9,3)4/h5-6H2,1-4H3. The molecule has 1 fully saturated rings. The second-order valence-corrected chi connectivity index (χ2v) is 28.7.